The average Bonchev–Trinajstić information content (AvgIpc) is 2.94. The van der Waals surface area contributed by atoms with Gasteiger partial charge in [0.05, 0.1) is 17.7 Å². The molecule has 0 fully saturated rings. The van der Waals surface area contributed by atoms with Gasteiger partial charge < -0.3 is 10.1 Å². The number of hydrogen-bond acceptors (Lipinski definition) is 6. The number of methoxy groups -OCH3 is 1. The first-order valence-corrected chi connectivity index (χ1v) is 7.16. The van der Waals surface area contributed by atoms with Gasteiger partial charge in [0, 0.05) is 12.6 Å². The minimum absolute atomic E-state index is 0.325. The molecule has 2 aromatic rings. The van der Waals surface area contributed by atoms with Crippen LogP contribution in [0.15, 0.2) is 24.5 Å². The highest BCUT2D eigenvalue weighted by Crippen LogP contribution is 2.27. The SMILES string of the molecule is COC(=O)c1ccc(-c2cc(NCC(C)C)ncn2)s1. The average molecular weight is 291 g/mol. The van der Waals surface area contributed by atoms with E-state index in [2.05, 4.69) is 29.1 Å². The molecule has 0 aliphatic rings. The molecule has 2 aromatic heterocycles. The summed E-state index contributed by atoms with van der Waals surface area (Å²) in [5.74, 6) is 1.01. The molecule has 0 atom stereocenters. The second kappa shape index (κ2) is 6.47. The van der Waals surface area contributed by atoms with Gasteiger partial charge in [-0.1, -0.05) is 13.8 Å². The van der Waals surface area contributed by atoms with Crippen LogP contribution in [0.5, 0.6) is 0 Å². The molecule has 0 aliphatic carbocycles. The first-order valence-electron chi connectivity index (χ1n) is 6.34. The third-order valence-corrected chi connectivity index (χ3v) is 3.69. The Morgan fingerprint density at radius 1 is 1.40 bits per heavy atom. The highest BCUT2D eigenvalue weighted by molar-refractivity contribution is 7.17. The summed E-state index contributed by atoms with van der Waals surface area (Å²) >= 11 is 1.36. The van der Waals surface area contributed by atoms with Gasteiger partial charge in [-0.2, -0.15) is 0 Å². The van der Waals surface area contributed by atoms with Crippen molar-refractivity contribution in [3.8, 4) is 10.6 Å². The number of nitrogens with one attached hydrogen (secondary N) is 1. The van der Waals surface area contributed by atoms with Gasteiger partial charge in [-0.05, 0) is 18.1 Å². The Morgan fingerprint density at radius 3 is 2.90 bits per heavy atom. The molecule has 20 heavy (non-hydrogen) atoms. The van der Waals surface area contributed by atoms with Crippen molar-refractivity contribution in [3.63, 3.8) is 0 Å². The Kier molecular flexibility index (Phi) is 4.68. The zero-order valence-electron chi connectivity index (χ0n) is 11.7. The second-order valence-electron chi connectivity index (χ2n) is 4.72. The van der Waals surface area contributed by atoms with Crippen LogP contribution in [-0.2, 0) is 4.74 Å². The van der Waals surface area contributed by atoms with Gasteiger partial charge >= 0.3 is 5.97 Å². The first-order chi connectivity index (χ1) is 9.60. The standard InChI is InChI=1S/C14H17N3O2S/c1-9(2)7-15-13-6-10(16-8-17-13)11-4-5-12(20-11)14(18)19-3/h4-6,8-9H,7H2,1-3H3,(H,15,16,17). The van der Waals surface area contributed by atoms with E-state index in [-0.39, 0.29) is 5.97 Å². The van der Waals surface area contributed by atoms with E-state index in [0.717, 1.165) is 22.9 Å². The quantitative estimate of drug-likeness (QED) is 0.858. The van der Waals surface area contributed by atoms with Crippen LogP contribution in [0.3, 0.4) is 0 Å². The van der Waals surface area contributed by atoms with Crippen molar-refractivity contribution >= 4 is 23.1 Å². The van der Waals surface area contributed by atoms with E-state index in [0.29, 0.717) is 10.8 Å². The molecule has 0 saturated heterocycles. The molecule has 106 valence electrons. The van der Waals surface area contributed by atoms with Crippen molar-refractivity contribution in [2.45, 2.75) is 13.8 Å². The zero-order valence-corrected chi connectivity index (χ0v) is 12.5. The van der Waals surface area contributed by atoms with Gasteiger partial charge in [0.2, 0.25) is 0 Å². The maximum atomic E-state index is 11.4. The summed E-state index contributed by atoms with van der Waals surface area (Å²) in [6.07, 6.45) is 1.52. The third kappa shape index (κ3) is 3.54. The Labute approximate surface area is 122 Å². The van der Waals surface area contributed by atoms with Crippen molar-refractivity contribution in [2.24, 2.45) is 5.92 Å². The molecule has 0 saturated carbocycles. The molecule has 0 unspecified atom stereocenters. The van der Waals surface area contributed by atoms with Gasteiger partial charge in [0.15, 0.2) is 0 Å². The summed E-state index contributed by atoms with van der Waals surface area (Å²) in [5.41, 5.74) is 0.798. The van der Waals surface area contributed by atoms with Gasteiger partial charge in [-0.25, -0.2) is 14.8 Å². The number of nitrogens with zero attached hydrogens (tertiary/aromatic N) is 2. The number of hydrogen-bond donors (Lipinski definition) is 1. The monoisotopic (exact) mass is 291 g/mol. The highest BCUT2D eigenvalue weighted by Gasteiger charge is 2.11. The molecular weight excluding hydrogens is 274 g/mol. The summed E-state index contributed by atoms with van der Waals surface area (Å²) in [7, 11) is 1.38. The maximum absolute atomic E-state index is 11.4. The number of ether oxygens (including phenoxy) is 1. The molecule has 2 heterocycles. The number of carbonyl (C=O) groups is 1. The lowest BCUT2D eigenvalue weighted by Gasteiger charge is -2.08. The van der Waals surface area contributed by atoms with Crippen molar-refractivity contribution < 1.29 is 9.53 Å². The second-order valence-corrected chi connectivity index (χ2v) is 5.80. The number of aromatic nitrogens is 2. The van der Waals surface area contributed by atoms with Gasteiger partial charge in [-0.3, -0.25) is 0 Å². The largest absolute Gasteiger partial charge is 0.465 e. The summed E-state index contributed by atoms with van der Waals surface area (Å²) < 4.78 is 4.70. The van der Waals surface area contributed by atoms with Gasteiger partial charge in [-0.15, -0.1) is 11.3 Å². The Hall–Kier alpha value is -1.95. The zero-order chi connectivity index (χ0) is 14.5. The molecule has 5 nitrogen and oxygen atoms in total. The smallest absolute Gasteiger partial charge is 0.348 e. The molecule has 0 spiro atoms. The topological polar surface area (TPSA) is 64.1 Å². The van der Waals surface area contributed by atoms with Crippen LogP contribution >= 0.6 is 11.3 Å². The van der Waals surface area contributed by atoms with E-state index in [9.17, 15) is 4.79 Å². The van der Waals surface area contributed by atoms with Crippen LogP contribution in [0.25, 0.3) is 10.6 Å². The van der Waals surface area contributed by atoms with Crippen molar-refractivity contribution in [1.82, 2.24) is 9.97 Å². The van der Waals surface area contributed by atoms with Crippen LogP contribution in [-0.4, -0.2) is 29.6 Å². The van der Waals surface area contributed by atoms with E-state index < -0.39 is 0 Å². The molecule has 0 aromatic carbocycles. The van der Waals surface area contributed by atoms with Gasteiger partial charge in [0.1, 0.15) is 17.0 Å². The lowest BCUT2D eigenvalue weighted by Crippen LogP contribution is -2.09. The summed E-state index contributed by atoms with van der Waals surface area (Å²) in [4.78, 5) is 21.4. The van der Waals surface area contributed by atoms with Crippen LogP contribution in [0.2, 0.25) is 0 Å². The van der Waals surface area contributed by atoms with Crippen molar-refractivity contribution in [2.75, 3.05) is 19.0 Å². The number of thiophene rings is 1. The molecule has 0 amide bonds. The first kappa shape index (κ1) is 14.5. The molecule has 1 N–H and O–H groups in total. The Bertz CT molecular complexity index is 596. The predicted octanol–water partition coefficient (Wildman–Crippen LogP) is 3.06. The lowest BCUT2D eigenvalue weighted by atomic mass is 10.2. The van der Waals surface area contributed by atoms with E-state index in [1.807, 2.05) is 12.1 Å². The molecule has 0 bridgehead atoms. The molecule has 2 rings (SSSR count). The van der Waals surface area contributed by atoms with Crippen molar-refractivity contribution in [3.05, 3.63) is 29.4 Å². The molecule has 0 radical (unpaired) electrons. The number of rotatable bonds is 5. The van der Waals surface area contributed by atoms with Crippen LogP contribution in [0, 0.1) is 5.92 Å². The molecular formula is C14H17N3O2S. The predicted molar refractivity (Wildman–Crippen MR) is 80.0 cm³/mol. The van der Waals surface area contributed by atoms with E-state index >= 15 is 0 Å². The normalized spacial score (nSPS) is 10.6. The number of anilines is 1. The third-order valence-electron chi connectivity index (χ3n) is 2.60. The fourth-order valence-corrected chi connectivity index (χ4v) is 2.48. The fraction of sp³-hybridized carbons (Fsp3) is 0.357. The minimum Gasteiger partial charge on any atom is -0.465 e. The summed E-state index contributed by atoms with van der Waals surface area (Å²) in [6, 6.07) is 5.50. The number of carbonyl (C=O) groups excluding carboxylic acids is 1. The van der Waals surface area contributed by atoms with Crippen LogP contribution in [0.4, 0.5) is 5.82 Å². The molecule has 0 aliphatic heterocycles. The summed E-state index contributed by atoms with van der Waals surface area (Å²) in [6.45, 7) is 5.13. The van der Waals surface area contributed by atoms with Gasteiger partial charge in [0.25, 0.3) is 0 Å². The minimum atomic E-state index is -0.325. The number of esters is 1. The lowest BCUT2D eigenvalue weighted by molar-refractivity contribution is 0.0606. The van der Waals surface area contributed by atoms with E-state index in [1.165, 1.54) is 24.8 Å². The van der Waals surface area contributed by atoms with E-state index in [4.69, 9.17) is 4.74 Å². The fourth-order valence-electron chi connectivity index (χ4n) is 1.58. The van der Waals surface area contributed by atoms with E-state index in [1.54, 1.807) is 6.07 Å². The Morgan fingerprint density at radius 2 is 2.20 bits per heavy atom. The highest BCUT2D eigenvalue weighted by atomic mass is 32.1. The maximum Gasteiger partial charge on any atom is 0.348 e. The van der Waals surface area contributed by atoms with Crippen LogP contribution < -0.4 is 5.32 Å². The molecule has 6 heteroatoms. The summed E-state index contributed by atoms with van der Waals surface area (Å²) in [5, 5.41) is 3.26. The Balaban J connectivity index is 2.18. The van der Waals surface area contributed by atoms with Crippen molar-refractivity contribution in [1.29, 1.82) is 0 Å². The van der Waals surface area contributed by atoms with Crippen LogP contribution in [0.1, 0.15) is 23.5 Å².